The summed E-state index contributed by atoms with van der Waals surface area (Å²) in [6.45, 7) is 0. The maximum absolute atomic E-state index is 12.7. The number of rotatable bonds is 5. The van der Waals surface area contributed by atoms with Crippen LogP contribution in [0.25, 0.3) is 5.82 Å². The molecule has 1 N–H and O–H groups in total. The summed E-state index contributed by atoms with van der Waals surface area (Å²) >= 11 is 3.39. The number of carbonyl (C=O) groups excluding carboxylic acids is 1. The van der Waals surface area contributed by atoms with E-state index in [4.69, 9.17) is 9.47 Å². The molecule has 0 aliphatic carbocycles. The fourth-order valence-corrected chi connectivity index (χ4v) is 2.82. The summed E-state index contributed by atoms with van der Waals surface area (Å²) in [5.41, 5.74) is 0.934. The lowest BCUT2D eigenvalue weighted by molar-refractivity contribution is 0.102. The van der Waals surface area contributed by atoms with E-state index in [0.29, 0.717) is 33.0 Å². The zero-order valence-electron chi connectivity index (χ0n) is 13.6. The topological polar surface area (TPSA) is 78.3 Å². The van der Waals surface area contributed by atoms with Gasteiger partial charge < -0.3 is 14.8 Å². The molecular weight excluding hydrogens is 388 g/mol. The van der Waals surface area contributed by atoms with Gasteiger partial charge in [0, 0.05) is 24.2 Å². The molecule has 25 heavy (non-hydrogen) atoms. The Labute approximate surface area is 152 Å². The van der Waals surface area contributed by atoms with E-state index in [0.717, 1.165) is 0 Å². The van der Waals surface area contributed by atoms with E-state index in [1.165, 1.54) is 14.2 Å². The highest BCUT2D eigenvalue weighted by atomic mass is 79.9. The molecule has 2 aromatic heterocycles. The first-order valence-electron chi connectivity index (χ1n) is 7.32. The van der Waals surface area contributed by atoms with Crippen LogP contribution in [0.4, 0.5) is 5.69 Å². The number of nitrogens with one attached hydrogen (secondary N) is 1. The van der Waals surface area contributed by atoms with Gasteiger partial charge in [0.25, 0.3) is 5.91 Å². The van der Waals surface area contributed by atoms with E-state index in [9.17, 15) is 4.79 Å². The Morgan fingerprint density at radius 1 is 1.16 bits per heavy atom. The molecule has 3 rings (SSSR count). The van der Waals surface area contributed by atoms with Crippen LogP contribution >= 0.6 is 15.9 Å². The van der Waals surface area contributed by atoms with Crippen molar-refractivity contribution < 1.29 is 14.3 Å². The van der Waals surface area contributed by atoms with Crippen LogP contribution in [-0.4, -0.2) is 34.9 Å². The van der Waals surface area contributed by atoms with Crippen molar-refractivity contribution in [2.75, 3.05) is 19.5 Å². The molecule has 2 heterocycles. The van der Waals surface area contributed by atoms with Crippen LogP contribution in [0, 0.1) is 0 Å². The smallest absolute Gasteiger partial charge is 0.256 e. The number of hydrogen-bond acceptors (Lipinski definition) is 5. The fraction of sp³-hybridized carbons (Fsp3) is 0.118. The largest absolute Gasteiger partial charge is 0.495 e. The fourth-order valence-electron chi connectivity index (χ4n) is 2.27. The maximum atomic E-state index is 12.7. The molecule has 8 heteroatoms. The Morgan fingerprint density at radius 2 is 1.88 bits per heavy atom. The third-order valence-corrected chi connectivity index (χ3v) is 4.25. The molecule has 0 unspecified atom stereocenters. The molecule has 0 fully saturated rings. The van der Waals surface area contributed by atoms with E-state index in [2.05, 4.69) is 31.3 Å². The molecule has 3 aromatic rings. The lowest BCUT2D eigenvalue weighted by atomic mass is 10.2. The van der Waals surface area contributed by atoms with E-state index >= 15 is 0 Å². The molecule has 1 amide bonds. The Balaban J connectivity index is 1.94. The van der Waals surface area contributed by atoms with Gasteiger partial charge in [-0.05, 0) is 46.3 Å². The first-order chi connectivity index (χ1) is 12.1. The Bertz CT molecular complexity index is 872. The number of aromatic nitrogens is 3. The van der Waals surface area contributed by atoms with Crippen molar-refractivity contribution in [3.8, 4) is 17.3 Å². The normalized spacial score (nSPS) is 10.4. The third-order valence-electron chi connectivity index (χ3n) is 3.46. The number of benzene rings is 1. The second-order valence-electron chi connectivity index (χ2n) is 4.97. The molecule has 0 saturated carbocycles. The molecule has 0 saturated heterocycles. The van der Waals surface area contributed by atoms with Crippen molar-refractivity contribution in [3.05, 3.63) is 59.0 Å². The highest BCUT2D eigenvalue weighted by molar-refractivity contribution is 9.10. The number of amides is 1. The van der Waals surface area contributed by atoms with Gasteiger partial charge in [-0.15, -0.1) is 0 Å². The Morgan fingerprint density at radius 3 is 2.48 bits per heavy atom. The number of pyridine rings is 1. The summed E-state index contributed by atoms with van der Waals surface area (Å²) in [7, 11) is 3.05. The van der Waals surface area contributed by atoms with Crippen molar-refractivity contribution >= 4 is 27.5 Å². The number of carbonyl (C=O) groups is 1. The van der Waals surface area contributed by atoms with Crippen LogP contribution in [-0.2, 0) is 0 Å². The third kappa shape index (κ3) is 3.48. The van der Waals surface area contributed by atoms with Crippen LogP contribution in [0.5, 0.6) is 11.5 Å². The molecule has 7 nitrogen and oxygen atoms in total. The SMILES string of the molecule is COc1cc(C(=O)Nc2cccnc2-n2cccn2)cc(OC)c1Br. The number of halogens is 1. The molecule has 0 spiro atoms. The molecule has 0 bridgehead atoms. The van der Waals surface area contributed by atoms with Gasteiger partial charge >= 0.3 is 0 Å². The number of anilines is 1. The van der Waals surface area contributed by atoms with Gasteiger partial charge in [-0.25, -0.2) is 9.67 Å². The van der Waals surface area contributed by atoms with Crippen molar-refractivity contribution in [2.45, 2.75) is 0 Å². The minimum Gasteiger partial charge on any atom is -0.495 e. The standard InChI is InChI=1S/C17H15BrN4O3/c1-24-13-9-11(10-14(25-2)15(13)18)17(23)21-12-5-3-6-19-16(12)22-8-4-7-20-22/h3-10H,1-2H3,(H,21,23). The van der Waals surface area contributed by atoms with E-state index < -0.39 is 0 Å². The average molecular weight is 403 g/mol. The molecule has 0 radical (unpaired) electrons. The van der Waals surface area contributed by atoms with Gasteiger partial charge in [-0.2, -0.15) is 5.10 Å². The molecule has 0 aliphatic heterocycles. The van der Waals surface area contributed by atoms with E-state index in [1.807, 2.05) is 0 Å². The molecule has 0 aliphatic rings. The monoisotopic (exact) mass is 402 g/mol. The van der Waals surface area contributed by atoms with E-state index in [-0.39, 0.29) is 5.91 Å². The van der Waals surface area contributed by atoms with Crippen LogP contribution in [0.1, 0.15) is 10.4 Å². The number of ether oxygens (including phenoxy) is 2. The predicted molar refractivity (Wildman–Crippen MR) is 96.6 cm³/mol. The number of methoxy groups -OCH3 is 2. The van der Waals surface area contributed by atoms with Gasteiger partial charge in [0.1, 0.15) is 16.0 Å². The second-order valence-corrected chi connectivity index (χ2v) is 5.77. The highest BCUT2D eigenvalue weighted by Gasteiger charge is 2.16. The number of hydrogen-bond donors (Lipinski definition) is 1. The zero-order chi connectivity index (χ0) is 17.8. The summed E-state index contributed by atoms with van der Waals surface area (Å²) in [5, 5.41) is 7.00. The van der Waals surface area contributed by atoms with Gasteiger partial charge in [0.05, 0.1) is 19.9 Å². The van der Waals surface area contributed by atoms with Crippen LogP contribution in [0.2, 0.25) is 0 Å². The summed E-state index contributed by atoms with van der Waals surface area (Å²) in [5.74, 6) is 1.22. The Kier molecular flexibility index (Phi) is 4.99. The first-order valence-corrected chi connectivity index (χ1v) is 8.11. The van der Waals surface area contributed by atoms with Crippen LogP contribution < -0.4 is 14.8 Å². The van der Waals surface area contributed by atoms with Crippen molar-refractivity contribution in [1.82, 2.24) is 14.8 Å². The van der Waals surface area contributed by atoms with Crippen LogP contribution in [0.15, 0.2) is 53.4 Å². The quantitative estimate of drug-likeness (QED) is 0.708. The summed E-state index contributed by atoms with van der Waals surface area (Å²) in [6.07, 6.45) is 5.03. The summed E-state index contributed by atoms with van der Waals surface area (Å²) in [4.78, 5) is 17.0. The van der Waals surface area contributed by atoms with E-state index in [1.54, 1.807) is 53.6 Å². The van der Waals surface area contributed by atoms with Crippen molar-refractivity contribution in [2.24, 2.45) is 0 Å². The highest BCUT2D eigenvalue weighted by Crippen LogP contribution is 2.35. The van der Waals surface area contributed by atoms with Gasteiger partial charge in [0.15, 0.2) is 5.82 Å². The minimum atomic E-state index is -0.314. The van der Waals surface area contributed by atoms with Gasteiger partial charge in [0.2, 0.25) is 0 Å². The summed E-state index contributed by atoms with van der Waals surface area (Å²) in [6, 6.07) is 8.54. The van der Waals surface area contributed by atoms with Crippen LogP contribution in [0.3, 0.4) is 0 Å². The minimum absolute atomic E-state index is 0.314. The molecular formula is C17H15BrN4O3. The van der Waals surface area contributed by atoms with Crippen molar-refractivity contribution in [1.29, 1.82) is 0 Å². The molecule has 1 aromatic carbocycles. The van der Waals surface area contributed by atoms with Gasteiger partial charge in [-0.1, -0.05) is 0 Å². The number of nitrogens with zero attached hydrogens (tertiary/aromatic N) is 3. The lowest BCUT2D eigenvalue weighted by Crippen LogP contribution is -2.15. The molecule has 128 valence electrons. The summed E-state index contributed by atoms with van der Waals surface area (Å²) < 4.78 is 12.8. The Hall–Kier alpha value is -2.87. The second kappa shape index (κ2) is 7.35. The first kappa shape index (κ1) is 17.0. The zero-order valence-corrected chi connectivity index (χ0v) is 15.1. The average Bonchev–Trinajstić information content (AvgIpc) is 3.16. The van der Waals surface area contributed by atoms with Gasteiger partial charge in [-0.3, -0.25) is 4.79 Å². The maximum Gasteiger partial charge on any atom is 0.256 e. The molecule has 0 atom stereocenters. The van der Waals surface area contributed by atoms with Crippen molar-refractivity contribution in [3.63, 3.8) is 0 Å². The predicted octanol–water partition coefficient (Wildman–Crippen LogP) is 3.30. The lowest BCUT2D eigenvalue weighted by Gasteiger charge is -2.13.